The third-order valence-electron chi connectivity index (χ3n) is 3.38. The molecule has 122 valence electrons. The van der Waals surface area contributed by atoms with Crippen molar-refractivity contribution in [2.24, 2.45) is 0 Å². The van der Waals surface area contributed by atoms with Gasteiger partial charge < -0.3 is 20.3 Å². The minimum absolute atomic E-state index is 0.0863. The average Bonchev–Trinajstić information content (AvgIpc) is 2.54. The van der Waals surface area contributed by atoms with Crippen LogP contribution in [0.25, 0.3) is 0 Å². The largest absolute Gasteiger partial charge is 0.497 e. The van der Waals surface area contributed by atoms with Gasteiger partial charge in [-0.2, -0.15) is 0 Å². The van der Waals surface area contributed by atoms with Gasteiger partial charge in [0.25, 0.3) is 0 Å². The van der Waals surface area contributed by atoms with Gasteiger partial charge in [-0.05, 0) is 31.8 Å². The highest BCUT2D eigenvalue weighted by Crippen LogP contribution is 2.17. The number of anilines is 1. The number of benzene rings is 2. The number of carbonyl (C=O) groups excluding carboxylic acids is 1. The van der Waals surface area contributed by atoms with Crippen molar-refractivity contribution in [1.29, 1.82) is 0 Å². The first-order chi connectivity index (χ1) is 11.1. The van der Waals surface area contributed by atoms with E-state index in [2.05, 4.69) is 10.6 Å². The number of hydrogen-bond donors (Lipinski definition) is 2. The molecule has 0 radical (unpaired) electrons. The number of rotatable bonds is 6. The van der Waals surface area contributed by atoms with Crippen molar-refractivity contribution in [1.82, 2.24) is 10.2 Å². The van der Waals surface area contributed by atoms with Crippen LogP contribution in [0.4, 0.5) is 10.5 Å². The van der Waals surface area contributed by atoms with Crippen LogP contribution in [0, 0.1) is 0 Å². The topological polar surface area (TPSA) is 53.6 Å². The zero-order valence-corrected chi connectivity index (χ0v) is 13.7. The van der Waals surface area contributed by atoms with E-state index in [1.165, 1.54) is 0 Å². The van der Waals surface area contributed by atoms with Crippen LogP contribution < -0.4 is 15.4 Å². The highest BCUT2D eigenvalue weighted by atomic mass is 16.5. The van der Waals surface area contributed by atoms with Crippen molar-refractivity contribution >= 4 is 11.7 Å². The number of ether oxygens (including phenoxy) is 1. The van der Waals surface area contributed by atoms with Crippen molar-refractivity contribution in [2.45, 2.75) is 6.04 Å². The van der Waals surface area contributed by atoms with Crippen LogP contribution in [0.15, 0.2) is 54.6 Å². The Labute approximate surface area is 137 Å². The molecule has 23 heavy (non-hydrogen) atoms. The molecule has 0 heterocycles. The van der Waals surface area contributed by atoms with Crippen LogP contribution in [0.2, 0.25) is 0 Å². The second kappa shape index (κ2) is 8.19. The fourth-order valence-corrected chi connectivity index (χ4v) is 2.31. The summed E-state index contributed by atoms with van der Waals surface area (Å²) in [5, 5.41) is 5.86. The Morgan fingerprint density at radius 3 is 2.52 bits per heavy atom. The normalized spacial score (nSPS) is 11.8. The van der Waals surface area contributed by atoms with Crippen LogP contribution in [0.1, 0.15) is 11.6 Å². The molecule has 0 aliphatic rings. The summed E-state index contributed by atoms with van der Waals surface area (Å²) in [5.74, 6) is 0.704. The van der Waals surface area contributed by atoms with Crippen molar-refractivity contribution in [3.63, 3.8) is 0 Å². The summed E-state index contributed by atoms with van der Waals surface area (Å²) in [6, 6.07) is 16.9. The molecule has 2 aromatic rings. The summed E-state index contributed by atoms with van der Waals surface area (Å²) in [7, 11) is 5.57. The van der Waals surface area contributed by atoms with Crippen molar-refractivity contribution < 1.29 is 9.53 Å². The van der Waals surface area contributed by atoms with Crippen LogP contribution in [-0.2, 0) is 0 Å². The van der Waals surface area contributed by atoms with Gasteiger partial charge >= 0.3 is 6.03 Å². The van der Waals surface area contributed by atoms with E-state index in [-0.39, 0.29) is 12.1 Å². The molecule has 0 aliphatic carbocycles. The Hall–Kier alpha value is -2.53. The van der Waals surface area contributed by atoms with Crippen molar-refractivity contribution in [3.8, 4) is 5.75 Å². The van der Waals surface area contributed by atoms with Gasteiger partial charge in [-0.3, -0.25) is 0 Å². The van der Waals surface area contributed by atoms with Gasteiger partial charge in [0.1, 0.15) is 5.75 Å². The van der Waals surface area contributed by atoms with Gasteiger partial charge in [-0.25, -0.2) is 4.79 Å². The van der Waals surface area contributed by atoms with E-state index in [0.29, 0.717) is 11.4 Å². The number of nitrogens with zero attached hydrogens (tertiary/aromatic N) is 1. The van der Waals surface area contributed by atoms with Gasteiger partial charge in [-0.15, -0.1) is 0 Å². The van der Waals surface area contributed by atoms with Gasteiger partial charge in [0.2, 0.25) is 0 Å². The quantitative estimate of drug-likeness (QED) is 0.861. The van der Waals surface area contributed by atoms with Crippen LogP contribution in [0.3, 0.4) is 0 Å². The molecule has 2 N–H and O–H groups in total. The Kier molecular flexibility index (Phi) is 6.00. The lowest BCUT2D eigenvalue weighted by Crippen LogP contribution is -2.37. The van der Waals surface area contributed by atoms with Gasteiger partial charge in [0.15, 0.2) is 0 Å². The maximum Gasteiger partial charge on any atom is 0.319 e. The van der Waals surface area contributed by atoms with Crippen molar-refractivity contribution in [3.05, 3.63) is 60.2 Å². The van der Waals surface area contributed by atoms with E-state index >= 15 is 0 Å². The van der Waals surface area contributed by atoms with Gasteiger partial charge in [0, 0.05) is 18.3 Å². The number of nitrogens with one attached hydrogen (secondary N) is 2. The minimum atomic E-state index is -0.242. The van der Waals surface area contributed by atoms with E-state index in [9.17, 15) is 4.79 Å². The molecule has 2 amide bonds. The third-order valence-corrected chi connectivity index (χ3v) is 3.38. The molecule has 0 fully saturated rings. The molecule has 5 nitrogen and oxygen atoms in total. The molecular formula is C18H23N3O2. The maximum atomic E-state index is 12.3. The number of amides is 2. The Bertz CT molecular complexity index is 629. The van der Waals surface area contributed by atoms with E-state index in [0.717, 1.165) is 12.1 Å². The number of urea groups is 1. The van der Waals surface area contributed by atoms with E-state index in [4.69, 9.17) is 4.74 Å². The monoisotopic (exact) mass is 313 g/mol. The molecule has 5 heteroatoms. The lowest BCUT2D eigenvalue weighted by atomic mass is 10.1. The minimum Gasteiger partial charge on any atom is -0.497 e. The Balaban J connectivity index is 2.05. The summed E-state index contributed by atoms with van der Waals surface area (Å²) in [6.07, 6.45) is 0. The number of methoxy groups -OCH3 is 1. The van der Waals surface area contributed by atoms with E-state index in [1.54, 1.807) is 13.2 Å². The first-order valence-electron chi connectivity index (χ1n) is 7.49. The molecule has 0 saturated carbocycles. The Morgan fingerprint density at radius 2 is 1.87 bits per heavy atom. The lowest BCUT2D eigenvalue weighted by molar-refractivity contribution is 0.244. The highest BCUT2D eigenvalue weighted by molar-refractivity contribution is 5.89. The molecule has 0 spiro atoms. The molecular weight excluding hydrogens is 290 g/mol. The highest BCUT2D eigenvalue weighted by Gasteiger charge is 2.15. The molecule has 0 aromatic heterocycles. The molecule has 2 rings (SSSR count). The second-order valence-corrected chi connectivity index (χ2v) is 5.56. The SMILES string of the molecule is COc1cccc(NC(=O)N[C@H](CN(C)C)c2ccccc2)c1. The van der Waals surface area contributed by atoms with Crippen LogP contribution >= 0.6 is 0 Å². The van der Waals surface area contributed by atoms with Crippen LogP contribution in [0.5, 0.6) is 5.75 Å². The fraction of sp³-hybridized carbons (Fsp3) is 0.278. The summed E-state index contributed by atoms with van der Waals surface area (Å²) in [4.78, 5) is 14.3. The molecule has 0 bridgehead atoms. The molecule has 0 unspecified atom stereocenters. The van der Waals surface area contributed by atoms with Crippen molar-refractivity contribution in [2.75, 3.05) is 33.1 Å². The number of hydrogen-bond acceptors (Lipinski definition) is 3. The predicted molar refractivity (Wildman–Crippen MR) is 92.9 cm³/mol. The zero-order chi connectivity index (χ0) is 16.7. The first kappa shape index (κ1) is 16.8. The average molecular weight is 313 g/mol. The van der Waals surface area contributed by atoms with Crippen LogP contribution in [-0.4, -0.2) is 38.7 Å². The predicted octanol–water partition coefficient (Wildman–Crippen LogP) is 3.12. The number of carbonyl (C=O) groups is 1. The summed E-state index contributed by atoms with van der Waals surface area (Å²) in [5.41, 5.74) is 1.76. The summed E-state index contributed by atoms with van der Waals surface area (Å²) < 4.78 is 5.16. The standard InChI is InChI=1S/C18H23N3O2/c1-21(2)13-17(14-8-5-4-6-9-14)20-18(22)19-15-10-7-11-16(12-15)23-3/h4-12,17H,13H2,1-3H3,(H2,19,20,22)/t17-/m1/s1. The van der Waals surface area contributed by atoms with E-state index in [1.807, 2.05) is 67.5 Å². The summed E-state index contributed by atoms with van der Waals surface area (Å²) in [6.45, 7) is 0.718. The molecule has 0 saturated heterocycles. The smallest absolute Gasteiger partial charge is 0.319 e. The number of likely N-dealkylation sites (N-methyl/N-ethyl adjacent to an activating group) is 1. The maximum absolute atomic E-state index is 12.3. The molecule has 0 aliphatic heterocycles. The molecule has 1 atom stereocenters. The lowest BCUT2D eigenvalue weighted by Gasteiger charge is -2.23. The second-order valence-electron chi connectivity index (χ2n) is 5.56. The van der Waals surface area contributed by atoms with E-state index < -0.39 is 0 Å². The third kappa shape index (κ3) is 5.30. The zero-order valence-electron chi connectivity index (χ0n) is 13.7. The van der Waals surface area contributed by atoms with Gasteiger partial charge in [0.05, 0.1) is 13.2 Å². The molecule has 2 aromatic carbocycles. The van der Waals surface area contributed by atoms with Gasteiger partial charge in [-0.1, -0.05) is 36.4 Å². The first-order valence-corrected chi connectivity index (χ1v) is 7.49. The Morgan fingerprint density at radius 1 is 1.13 bits per heavy atom. The fourth-order valence-electron chi connectivity index (χ4n) is 2.31. The summed E-state index contributed by atoms with van der Waals surface area (Å²) >= 11 is 0.